The molecule has 0 aliphatic carbocycles. The predicted octanol–water partition coefficient (Wildman–Crippen LogP) is 3.90. The normalized spacial score (nSPS) is 19.0. The Hall–Kier alpha value is -3.61. The van der Waals surface area contributed by atoms with Gasteiger partial charge in [0.05, 0.1) is 23.4 Å². The van der Waals surface area contributed by atoms with Crippen LogP contribution in [-0.2, 0) is 6.54 Å². The summed E-state index contributed by atoms with van der Waals surface area (Å²) >= 11 is 1.65. The van der Waals surface area contributed by atoms with Gasteiger partial charge in [0.1, 0.15) is 17.2 Å². The van der Waals surface area contributed by atoms with Crippen LogP contribution in [0, 0.1) is 5.82 Å². The van der Waals surface area contributed by atoms with Gasteiger partial charge in [-0.25, -0.2) is 14.4 Å². The second-order valence-corrected chi connectivity index (χ2v) is 11.9. The fourth-order valence-corrected chi connectivity index (χ4v) is 6.96. The molecule has 0 bridgehead atoms. The minimum atomic E-state index is -0.298. The first-order valence-corrected chi connectivity index (χ1v) is 15.7. The number of fused-ring (bicyclic) bond motifs is 1. The van der Waals surface area contributed by atoms with E-state index in [2.05, 4.69) is 42.6 Å². The molecule has 5 heterocycles. The third kappa shape index (κ3) is 5.70. The van der Waals surface area contributed by atoms with Gasteiger partial charge in [-0.05, 0) is 58.0 Å². The number of nitrogens with zero attached hydrogens (tertiary/aromatic N) is 6. The monoisotopic (exact) mass is 591 g/mol. The van der Waals surface area contributed by atoms with Crippen molar-refractivity contribution >= 4 is 45.4 Å². The highest BCUT2D eigenvalue weighted by atomic mass is 32.1. The summed E-state index contributed by atoms with van der Waals surface area (Å²) in [5.74, 6) is 0.398. The number of piperazine rings is 1. The zero-order chi connectivity index (χ0) is 29.2. The van der Waals surface area contributed by atoms with Crippen LogP contribution in [0.4, 0.5) is 27.4 Å². The molecule has 10 nitrogen and oxygen atoms in total. The first-order valence-electron chi connectivity index (χ1n) is 14.8. The molecule has 12 heteroatoms. The van der Waals surface area contributed by atoms with Crippen LogP contribution in [0.5, 0.6) is 0 Å². The summed E-state index contributed by atoms with van der Waals surface area (Å²) in [7, 11) is 0. The highest BCUT2D eigenvalue weighted by Crippen LogP contribution is 2.30. The van der Waals surface area contributed by atoms with E-state index in [1.165, 1.54) is 10.9 Å². The molecule has 0 amide bonds. The Morgan fingerprint density at radius 3 is 2.79 bits per heavy atom. The molecule has 2 atom stereocenters. The van der Waals surface area contributed by atoms with E-state index < -0.39 is 0 Å². The quantitative estimate of drug-likeness (QED) is 0.267. The van der Waals surface area contributed by atoms with Gasteiger partial charge in [-0.1, -0.05) is 0 Å². The molecule has 4 aromatic rings. The van der Waals surface area contributed by atoms with Gasteiger partial charge in [0.2, 0.25) is 5.95 Å². The molecule has 2 saturated heterocycles. The molecule has 0 saturated carbocycles. The number of hydrogen-bond donors (Lipinski definition) is 3. The van der Waals surface area contributed by atoms with Gasteiger partial charge < -0.3 is 25.8 Å². The third-order valence-corrected chi connectivity index (χ3v) is 9.27. The average molecular weight is 592 g/mol. The minimum Gasteiger partial charge on any atom is -0.368 e. The van der Waals surface area contributed by atoms with Gasteiger partial charge >= 0.3 is 0 Å². The SMILES string of the molecule is CCN(CC)c1cc2cnc(Nc3ccc(N4CCNC(C)C4)c(F)c3)nc2n(Cc2ncsc2C2CCNC2)c1=O. The molecule has 6 rings (SSSR count). The van der Waals surface area contributed by atoms with Crippen molar-refractivity contribution < 1.29 is 4.39 Å². The first-order chi connectivity index (χ1) is 20.4. The van der Waals surface area contributed by atoms with E-state index in [9.17, 15) is 4.79 Å². The summed E-state index contributed by atoms with van der Waals surface area (Å²) in [6.07, 6.45) is 2.78. The van der Waals surface area contributed by atoms with Crippen LogP contribution in [-0.4, -0.2) is 71.4 Å². The van der Waals surface area contributed by atoms with Crippen molar-refractivity contribution in [2.45, 2.75) is 45.7 Å². The molecule has 42 heavy (non-hydrogen) atoms. The van der Waals surface area contributed by atoms with Crippen LogP contribution >= 0.6 is 11.3 Å². The Morgan fingerprint density at radius 1 is 1.19 bits per heavy atom. The summed E-state index contributed by atoms with van der Waals surface area (Å²) in [6, 6.07) is 7.29. The molecular formula is C30H38FN9OS. The molecule has 2 aliphatic rings. The van der Waals surface area contributed by atoms with E-state index in [0.29, 0.717) is 60.3 Å². The van der Waals surface area contributed by atoms with Crippen LogP contribution in [0.3, 0.4) is 0 Å². The second kappa shape index (κ2) is 12.3. The lowest BCUT2D eigenvalue weighted by atomic mass is 10.1. The number of thiazole rings is 1. The predicted molar refractivity (Wildman–Crippen MR) is 168 cm³/mol. The Kier molecular flexibility index (Phi) is 8.36. The molecule has 0 radical (unpaired) electrons. The van der Waals surface area contributed by atoms with Crippen molar-refractivity contribution in [2.24, 2.45) is 0 Å². The molecule has 3 N–H and O–H groups in total. The number of nitrogens with one attached hydrogen (secondary N) is 3. The second-order valence-electron chi connectivity index (χ2n) is 11.0. The fourth-order valence-electron chi connectivity index (χ4n) is 6.02. The van der Waals surface area contributed by atoms with Gasteiger partial charge in [0, 0.05) is 73.4 Å². The Bertz CT molecular complexity index is 1610. The number of rotatable bonds is 9. The number of pyridine rings is 1. The molecule has 222 valence electrons. The number of anilines is 4. The number of aromatic nitrogens is 4. The van der Waals surface area contributed by atoms with Gasteiger partial charge in [0.15, 0.2) is 0 Å². The summed E-state index contributed by atoms with van der Waals surface area (Å²) < 4.78 is 16.9. The van der Waals surface area contributed by atoms with E-state index in [0.717, 1.165) is 50.2 Å². The molecule has 0 spiro atoms. The highest BCUT2D eigenvalue weighted by Gasteiger charge is 2.24. The van der Waals surface area contributed by atoms with Gasteiger partial charge in [-0.3, -0.25) is 9.36 Å². The van der Waals surface area contributed by atoms with E-state index >= 15 is 4.39 Å². The standard InChI is InChI=1S/C30H38FN9OS/c1-4-38(5-2)26-12-21-15-34-30(36-22-6-7-25(23(31)13-22)39-11-10-33-19(3)16-39)37-28(21)40(29(26)41)17-24-27(42-18-35-24)20-8-9-32-14-20/h6-7,12-13,15,18-20,32-33H,4-5,8-11,14,16-17H2,1-3H3,(H,34,36,37). The van der Waals surface area contributed by atoms with Crippen molar-refractivity contribution in [1.29, 1.82) is 0 Å². The van der Waals surface area contributed by atoms with Crippen molar-refractivity contribution in [3.05, 3.63) is 62.7 Å². The van der Waals surface area contributed by atoms with E-state index in [4.69, 9.17) is 4.98 Å². The molecule has 2 fully saturated rings. The molecule has 2 aliphatic heterocycles. The number of benzene rings is 1. The van der Waals surface area contributed by atoms with Crippen molar-refractivity contribution in [3.8, 4) is 0 Å². The van der Waals surface area contributed by atoms with Crippen LogP contribution in [0.15, 0.2) is 40.8 Å². The largest absolute Gasteiger partial charge is 0.368 e. The van der Waals surface area contributed by atoms with E-state index in [-0.39, 0.29) is 11.4 Å². The summed E-state index contributed by atoms with van der Waals surface area (Å²) in [4.78, 5) is 33.3. The van der Waals surface area contributed by atoms with Crippen molar-refractivity contribution in [1.82, 2.24) is 30.2 Å². The Labute approximate surface area is 249 Å². The molecule has 2 unspecified atom stereocenters. The van der Waals surface area contributed by atoms with E-state index in [1.54, 1.807) is 28.2 Å². The summed E-state index contributed by atoms with van der Waals surface area (Å²) in [5, 5.41) is 10.7. The maximum Gasteiger partial charge on any atom is 0.276 e. The maximum atomic E-state index is 15.2. The smallest absolute Gasteiger partial charge is 0.276 e. The van der Waals surface area contributed by atoms with Crippen LogP contribution in [0.25, 0.3) is 11.0 Å². The third-order valence-electron chi connectivity index (χ3n) is 8.24. The van der Waals surface area contributed by atoms with E-state index in [1.807, 2.05) is 31.5 Å². The average Bonchev–Trinajstić information content (AvgIpc) is 3.68. The highest BCUT2D eigenvalue weighted by molar-refractivity contribution is 7.09. The van der Waals surface area contributed by atoms with Crippen LogP contribution < -0.4 is 31.3 Å². The van der Waals surface area contributed by atoms with Crippen molar-refractivity contribution in [3.63, 3.8) is 0 Å². The number of halogens is 1. The van der Waals surface area contributed by atoms with Gasteiger partial charge in [-0.2, -0.15) is 4.98 Å². The zero-order valence-corrected chi connectivity index (χ0v) is 25.2. The zero-order valence-electron chi connectivity index (χ0n) is 24.4. The lowest BCUT2D eigenvalue weighted by Gasteiger charge is -2.33. The Balaban J connectivity index is 1.35. The molecule has 1 aromatic carbocycles. The fraction of sp³-hybridized carbons (Fsp3) is 0.467. The van der Waals surface area contributed by atoms with Crippen LogP contribution in [0.1, 0.15) is 43.7 Å². The Morgan fingerprint density at radius 2 is 2.05 bits per heavy atom. The topological polar surface area (TPSA) is 103 Å². The van der Waals surface area contributed by atoms with Crippen molar-refractivity contribution in [2.75, 3.05) is 60.9 Å². The minimum absolute atomic E-state index is 0.111. The van der Waals surface area contributed by atoms with Crippen LogP contribution in [0.2, 0.25) is 0 Å². The molecule has 3 aromatic heterocycles. The maximum absolute atomic E-state index is 15.2. The first kappa shape index (κ1) is 28.5. The summed E-state index contributed by atoms with van der Waals surface area (Å²) in [5.41, 5.74) is 4.93. The van der Waals surface area contributed by atoms with Gasteiger partial charge in [-0.15, -0.1) is 11.3 Å². The number of hydrogen-bond acceptors (Lipinski definition) is 10. The molecular weight excluding hydrogens is 553 g/mol. The lowest BCUT2D eigenvalue weighted by Crippen LogP contribution is -2.49. The lowest BCUT2D eigenvalue weighted by molar-refractivity contribution is 0.478. The summed E-state index contributed by atoms with van der Waals surface area (Å²) in [6.45, 7) is 12.2. The van der Waals surface area contributed by atoms with Gasteiger partial charge in [0.25, 0.3) is 5.56 Å².